The van der Waals surface area contributed by atoms with Crippen LogP contribution in [0.5, 0.6) is 0 Å². The number of esters is 1. The molecule has 0 atom stereocenters. The lowest BCUT2D eigenvalue weighted by molar-refractivity contribution is -0.119. The number of anilines is 2. The second-order valence-electron chi connectivity index (χ2n) is 7.06. The van der Waals surface area contributed by atoms with Gasteiger partial charge in [0.15, 0.2) is 6.61 Å². The van der Waals surface area contributed by atoms with Crippen LogP contribution >= 0.6 is 11.8 Å². The first-order valence-corrected chi connectivity index (χ1v) is 10.9. The van der Waals surface area contributed by atoms with Gasteiger partial charge in [0.2, 0.25) is 5.91 Å². The molecule has 0 aliphatic heterocycles. The summed E-state index contributed by atoms with van der Waals surface area (Å²) in [6.07, 6.45) is 1.53. The maximum atomic E-state index is 12.5. The van der Waals surface area contributed by atoms with Crippen molar-refractivity contribution in [3.63, 3.8) is 0 Å². The first-order chi connectivity index (χ1) is 15.4. The summed E-state index contributed by atoms with van der Waals surface area (Å²) in [6, 6.07) is 17.9. The van der Waals surface area contributed by atoms with E-state index in [0.29, 0.717) is 16.4 Å². The maximum Gasteiger partial charge on any atom is 0.341 e. The number of thioether (sulfide) groups is 1. The summed E-state index contributed by atoms with van der Waals surface area (Å²) < 4.78 is 5.14. The van der Waals surface area contributed by atoms with Crippen molar-refractivity contribution in [1.29, 1.82) is 0 Å². The van der Waals surface area contributed by atoms with Crippen molar-refractivity contribution in [2.45, 2.75) is 18.9 Å². The van der Waals surface area contributed by atoms with Gasteiger partial charge in [0.05, 0.1) is 11.3 Å². The number of rotatable bonds is 8. The molecule has 0 saturated heterocycles. The molecule has 0 radical (unpaired) electrons. The molecular weight excluding hydrogens is 426 g/mol. The van der Waals surface area contributed by atoms with E-state index in [1.54, 1.807) is 24.3 Å². The number of hydrogen-bond donors (Lipinski definition) is 2. The number of carbonyl (C=O) groups excluding carboxylic acids is 3. The van der Waals surface area contributed by atoms with Gasteiger partial charge in [-0.2, -0.15) is 0 Å². The van der Waals surface area contributed by atoms with Crippen molar-refractivity contribution >= 4 is 40.9 Å². The second-order valence-corrected chi connectivity index (χ2v) is 8.02. The van der Waals surface area contributed by atoms with Crippen molar-refractivity contribution in [2.24, 2.45) is 0 Å². The molecule has 0 bridgehead atoms. The number of nitrogens with one attached hydrogen (secondary N) is 2. The summed E-state index contributed by atoms with van der Waals surface area (Å²) in [6.45, 7) is 3.43. The third-order valence-corrected chi connectivity index (χ3v) is 5.27. The molecule has 2 amide bonds. The normalized spacial score (nSPS) is 10.3. The van der Waals surface area contributed by atoms with Crippen LogP contribution in [0, 0.1) is 13.8 Å². The minimum absolute atomic E-state index is 0.0685. The predicted octanol–water partition coefficient (Wildman–Crippen LogP) is 4.22. The van der Waals surface area contributed by atoms with E-state index >= 15 is 0 Å². The van der Waals surface area contributed by atoms with E-state index in [9.17, 15) is 14.4 Å². The van der Waals surface area contributed by atoms with Gasteiger partial charge < -0.3 is 15.4 Å². The number of amides is 2. The van der Waals surface area contributed by atoms with Crippen molar-refractivity contribution < 1.29 is 19.1 Å². The first-order valence-electron chi connectivity index (χ1n) is 9.88. The van der Waals surface area contributed by atoms with Crippen LogP contribution in [0.15, 0.2) is 71.9 Å². The van der Waals surface area contributed by atoms with Gasteiger partial charge in [-0.3, -0.25) is 9.59 Å². The lowest BCUT2D eigenvalue weighted by Gasteiger charge is -2.10. The van der Waals surface area contributed by atoms with Gasteiger partial charge in [0.25, 0.3) is 5.91 Å². The second kappa shape index (κ2) is 11.1. The molecule has 1 aromatic heterocycles. The van der Waals surface area contributed by atoms with E-state index in [0.717, 1.165) is 22.9 Å². The number of pyridine rings is 1. The van der Waals surface area contributed by atoms with E-state index < -0.39 is 18.5 Å². The molecule has 2 aromatic carbocycles. The molecule has 0 fully saturated rings. The number of aryl methyl sites for hydroxylation is 2. The van der Waals surface area contributed by atoms with Crippen LogP contribution in [-0.4, -0.2) is 35.1 Å². The summed E-state index contributed by atoms with van der Waals surface area (Å²) in [7, 11) is 0. The summed E-state index contributed by atoms with van der Waals surface area (Å²) in [4.78, 5) is 41.0. The molecule has 3 rings (SSSR count). The van der Waals surface area contributed by atoms with Crippen LogP contribution in [0.25, 0.3) is 0 Å². The van der Waals surface area contributed by atoms with Crippen molar-refractivity contribution in [1.82, 2.24) is 4.98 Å². The average molecular weight is 450 g/mol. The van der Waals surface area contributed by atoms with Crippen molar-refractivity contribution in [3.8, 4) is 0 Å². The fraction of sp³-hybridized carbons (Fsp3) is 0.167. The molecule has 3 aromatic rings. The van der Waals surface area contributed by atoms with Crippen LogP contribution in [0.1, 0.15) is 21.5 Å². The number of aromatic nitrogens is 1. The Morgan fingerprint density at radius 1 is 0.875 bits per heavy atom. The molecule has 0 unspecified atom stereocenters. The standard InChI is InChI=1S/C24H23N3O4S/c1-16-6-3-8-18(12-16)26-21(28)14-31-24(30)20-10-5-11-25-23(20)32-15-22(29)27-19-9-4-7-17(2)13-19/h3-13H,14-15H2,1-2H3,(H,26,28)(H,27,29). The van der Waals surface area contributed by atoms with Crippen LogP contribution in [0.2, 0.25) is 0 Å². The molecule has 2 N–H and O–H groups in total. The number of ether oxygens (including phenoxy) is 1. The third-order valence-electron chi connectivity index (χ3n) is 4.27. The van der Waals surface area contributed by atoms with E-state index in [1.807, 2.05) is 50.2 Å². The van der Waals surface area contributed by atoms with Gasteiger partial charge in [-0.15, -0.1) is 0 Å². The fourth-order valence-corrected chi connectivity index (χ4v) is 3.63. The number of benzene rings is 2. The summed E-state index contributed by atoms with van der Waals surface area (Å²) in [5, 5.41) is 5.85. The lowest BCUT2D eigenvalue weighted by atomic mass is 10.2. The molecule has 0 saturated carbocycles. The highest BCUT2D eigenvalue weighted by molar-refractivity contribution is 8.00. The van der Waals surface area contributed by atoms with Gasteiger partial charge >= 0.3 is 5.97 Å². The molecule has 164 valence electrons. The van der Waals surface area contributed by atoms with E-state index in [1.165, 1.54) is 6.20 Å². The Labute approximate surface area is 190 Å². The zero-order chi connectivity index (χ0) is 22.9. The highest BCUT2D eigenvalue weighted by atomic mass is 32.2. The van der Waals surface area contributed by atoms with Gasteiger partial charge in [0, 0.05) is 17.6 Å². The molecule has 0 aliphatic rings. The van der Waals surface area contributed by atoms with Gasteiger partial charge in [-0.1, -0.05) is 36.0 Å². The predicted molar refractivity (Wildman–Crippen MR) is 125 cm³/mol. The Balaban J connectivity index is 1.53. The van der Waals surface area contributed by atoms with E-state index in [2.05, 4.69) is 15.6 Å². The minimum Gasteiger partial charge on any atom is -0.452 e. The van der Waals surface area contributed by atoms with Gasteiger partial charge in [-0.25, -0.2) is 9.78 Å². The van der Waals surface area contributed by atoms with Crippen LogP contribution in [0.4, 0.5) is 11.4 Å². The Kier molecular flexibility index (Phi) is 7.99. The number of hydrogen-bond acceptors (Lipinski definition) is 6. The molecule has 32 heavy (non-hydrogen) atoms. The Morgan fingerprint density at radius 2 is 1.50 bits per heavy atom. The van der Waals surface area contributed by atoms with Crippen LogP contribution in [-0.2, 0) is 14.3 Å². The lowest BCUT2D eigenvalue weighted by Crippen LogP contribution is -2.21. The largest absolute Gasteiger partial charge is 0.452 e. The fourth-order valence-electron chi connectivity index (χ4n) is 2.84. The zero-order valence-electron chi connectivity index (χ0n) is 17.8. The van der Waals surface area contributed by atoms with E-state index in [4.69, 9.17) is 4.74 Å². The van der Waals surface area contributed by atoms with Crippen LogP contribution in [0.3, 0.4) is 0 Å². The Morgan fingerprint density at radius 3 is 2.12 bits per heavy atom. The summed E-state index contributed by atoms with van der Waals surface area (Å²) >= 11 is 1.12. The first kappa shape index (κ1) is 23.0. The molecule has 1 heterocycles. The highest BCUT2D eigenvalue weighted by Crippen LogP contribution is 2.21. The van der Waals surface area contributed by atoms with Gasteiger partial charge in [-0.05, 0) is 61.4 Å². The van der Waals surface area contributed by atoms with E-state index in [-0.39, 0.29) is 17.2 Å². The average Bonchev–Trinajstić information content (AvgIpc) is 2.76. The highest BCUT2D eigenvalue weighted by Gasteiger charge is 2.17. The van der Waals surface area contributed by atoms with Gasteiger partial charge in [0.1, 0.15) is 5.03 Å². The monoisotopic (exact) mass is 449 g/mol. The maximum absolute atomic E-state index is 12.5. The van der Waals surface area contributed by atoms with Crippen LogP contribution < -0.4 is 10.6 Å². The SMILES string of the molecule is Cc1cccc(NC(=O)COC(=O)c2cccnc2SCC(=O)Nc2cccc(C)c2)c1. The number of nitrogens with zero attached hydrogens (tertiary/aromatic N) is 1. The zero-order valence-corrected chi connectivity index (χ0v) is 18.6. The minimum atomic E-state index is -0.681. The number of carbonyl (C=O) groups is 3. The molecule has 0 spiro atoms. The molecule has 8 heteroatoms. The van der Waals surface area contributed by atoms with Crippen molar-refractivity contribution in [2.75, 3.05) is 23.0 Å². The Hall–Kier alpha value is -3.65. The van der Waals surface area contributed by atoms with Crippen molar-refractivity contribution in [3.05, 3.63) is 83.6 Å². The molecule has 0 aliphatic carbocycles. The third kappa shape index (κ3) is 6.95. The Bertz CT molecular complexity index is 1130. The summed E-state index contributed by atoms with van der Waals surface area (Å²) in [5.41, 5.74) is 3.57. The quantitative estimate of drug-likeness (QED) is 0.395. The molecular formula is C24H23N3O4S. The smallest absolute Gasteiger partial charge is 0.341 e. The molecule has 7 nitrogen and oxygen atoms in total. The topological polar surface area (TPSA) is 97.4 Å². The summed E-state index contributed by atoms with van der Waals surface area (Å²) in [5.74, 6) is -1.28.